The fourth-order valence-corrected chi connectivity index (χ4v) is 3.08. The highest BCUT2D eigenvalue weighted by molar-refractivity contribution is 9.09. The van der Waals surface area contributed by atoms with Crippen LogP contribution in [0.4, 0.5) is 0 Å². The minimum Gasteiger partial charge on any atom is -0.391 e. The van der Waals surface area contributed by atoms with Gasteiger partial charge in [-0.05, 0) is 18.3 Å². The standard InChI is InChI=1S/C11H20BrNO/c1-10(2)7-13(5-9(10)14)8-11(6-12)3-4-11/h9,14H,3-8H2,1-2H3. The van der Waals surface area contributed by atoms with Crippen molar-refractivity contribution in [2.75, 3.05) is 25.0 Å². The minimum absolute atomic E-state index is 0.0857. The molecule has 0 aromatic heterocycles. The van der Waals surface area contributed by atoms with Gasteiger partial charge in [-0.1, -0.05) is 29.8 Å². The van der Waals surface area contributed by atoms with Crippen molar-refractivity contribution >= 4 is 15.9 Å². The van der Waals surface area contributed by atoms with Crippen molar-refractivity contribution in [3.05, 3.63) is 0 Å². The molecule has 3 heteroatoms. The monoisotopic (exact) mass is 261 g/mol. The second kappa shape index (κ2) is 3.46. The molecule has 2 fully saturated rings. The van der Waals surface area contributed by atoms with Gasteiger partial charge in [0.1, 0.15) is 0 Å². The summed E-state index contributed by atoms with van der Waals surface area (Å²) in [7, 11) is 0. The maximum atomic E-state index is 9.86. The molecular weight excluding hydrogens is 242 g/mol. The van der Waals surface area contributed by atoms with Gasteiger partial charge in [0.15, 0.2) is 0 Å². The number of aliphatic hydroxyl groups excluding tert-OH is 1. The Hall–Kier alpha value is 0.400. The lowest BCUT2D eigenvalue weighted by atomic mass is 9.90. The molecule has 82 valence electrons. The van der Waals surface area contributed by atoms with Crippen LogP contribution < -0.4 is 0 Å². The lowest BCUT2D eigenvalue weighted by Crippen LogP contribution is -2.30. The Bertz CT molecular complexity index is 225. The van der Waals surface area contributed by atoms with Gasteiger partial charge < -0.3 is 5.11 Å². The molecule has 0 amide bonds. The molecule has 0 aromatic carbocycles. The van der Waals surface area contributed by atoms with Crippen LogP contribution in [0.15, 0.2) is 0 Å². The van der Waals surface area contributed by atoms with Gasteiger partial charge in [0.2, 0.25) is 0 Å². The first-order valence-electron chi connectivity index (χ1n) is 5.44. The third kappa shape index (κ3) is 2.00. The molecule has 1 atom stereocenters. The van der Waals surface area contributed by atoms with Crippen LogP contribution in [-0.2, 0) is 0 Å². The van der Waals surface area contributed by atoms with Gasteiger partial charge in [-0.2, -0.15) is 0 Å². The normalized spacial score (nSPS) is 34.7. The Morgan fingerprint density at radius 1 is 1.43 bits per heavy atom. The zero-order valence-electron chi connectivity index (χ0n) is 9.09. The smallest absolute Gasteiger partial charge is 0.0730 e. The highest BCUT2D eigenvalue weighted by Gasteiger charge is 2.46. The Morgan fingerprint density at radius 3 is 2.43 bits per heavy atom. The highest BCUT2D eigenvalue weighted by atomic mass is 79.9. The number of alkyl halides is 1. The van der Waals surface area contributed by atoms with Crippen LogP contribution in [0, 0.1) is 10.8 Å². The molecule has 1 saturated carbocycles. The molecule has 1 saturated heterocycles. The van der Waals surface area contributed by atoms with Gasteiger partial charge in [-0.3, -0.25) is 4.90 Å². The highest BCUT2D eigenvalue weighted by Crippen LogP contribution is 2.48. The van der Waals surface area contributed by atoms with Crippen molar-refractivity contribution in [2.45, 2.75) is 32.8 Å². The number of hydrogen-bond donors (Lipinski definition) is 1. The lowest BCUT2D eigenvalue weighted by Gasteiger charge is -2.23. The van der Waals surface area contributed by atoms with Crippen molar-refractivity contribution in [1.29, 1.82) is 0 Å². The molecule has 2 aliphatic rings. The average Bonchev–Trinajstić information content (AvgIpc) is 2.79. The first-order chi connectivity index (χ1) is 6.47. The molecule has 2 rings (SSSR count). The fourth-order valence-electron chi connectivity index (χ4n) is 2.34. The predicted molar refractivity (Wildman–Crippen MR) is 61.7 cm³/mol. The van der Waals surface area contributed by atoms with Gasteiger partial charge in [-0.15, -0.1) is 0 Å². The largest absolute Gasteiger partial charge is 0.391 e. The van der Waals surface area contributed by atoms with E-state index in [9.17, 15) is 5.11 Å². The van der Waals surface area contributed by atoms with Crippen molar-refractivity contribution in [1.82, 2.24) is 4.90 Å². The molecule has 0 radical (unpaired) electrons. The molecule has 1 unspecified atom stereocenters. The number of likely N-dealkylation sites (tertiary alicyclic amines) is 1. The lowest BCUT2D eigenvalue weighted by molar-refractivity contribution is 0.0953. The number of hydrogen-bond acceptors (Lipinski definition) is 2. The third-order valence-electron chi connectivity index (χ3n) is 3.76. The summed E-state index contributed by atoms with van der Waals surface area (Å²) in [6.07, 6.45) is 2.56. The summed E-state index contributed by atoms with van der Waals surface area (Å²) in [6, 6.07) is 0. The Balaban J connectivity index is 1.90. The van der Waals surface area contributed by atoms with E-state index >= 15 is 0 Å². The van der Waals surface area contributed by atoms with Crippen molar-refractivity contribution < 1.29 is 5.11 Å². The van der Waals surface area contributed by atoms with E-state index in [1.54, 1.807) is 0 Å². The van der Waals surface area contributed by atoms with E-state index in [1.807, 2.05) is 0 Å². The van der Waals surface area contributed by atoms with E-state index in [0.29, 0.717) is 5.41 Å². The Morgan fingerprint density at radius 2 is 2.07 bits per heavy atom. The number of halogens is 1. The van der Waals surface area contributed by atoms with E-state index in [4.69, 9.17) is 0 Å². The van der Waals surface area contributed by atoms with Crippen LogP contribution in [-0.4, -0.2) is 41.1 Å². The van der Waals surface area contributed by atoms with Crippen LogP contribution >= 0.6 is 15.9 Å². The van der Waals surface area contributed by atoms with Crippen LogP contribution in [0.2, 0.25) is 0 Å². The first kappa shape index (κ1) is 10.9. The number of aliphatic hydroxyl groups is 1. The summed E-state index contributed by atoms with van der Waals surface area (Å²) < 4.78 is 0. The Kier molecular flexibility index (Phi) is 2.70. The van der Waals surface area contributed by atoms with Crippen molar-refractivity contribution in [3.63, 3.8) is 0 Å². The van der Waals surface area contributed by atoms with Gasteiger partial charge in [0.25, 0.3) is 0 Å². The van der Waals surface area contributed by atoms with Crippen molar-refractivity contribution in [3.8, 4) is 0 Å². The second-order valence-electron chi connectivity index (χ2n) is 5.81. The molecule has 0 aromatic rings. The molecule has 0 bridgehead atoms. The number of rotatable bonds is 3. The number of nitrogens with zero attached hydrogens (tertiary/aromatic N) is 1. The summed E-state index contributed by atoms with van der Waals surface area (Å²) in [6.45, 7) is 7.39. The van der Waals surface area contributed by atoms with Gasteiger partial charge in [-0.25, -0.2) is 0 Å². The van der Waals surface area contributed by atoms with Crippen molar-refractivity contribution in [2.24, 2.45) is 10.8 Å². The summed E-state index contributed by atoms with van der Waals surface area (Å²) in [5.74, 6) is 0. The molecule has 1 heterocycles. The van der Waals surface area contributed by atoms with Crippen LogP contribution in [0.25, 0.3) is 0 Å². The maximum absolute atomic E-state index is 9.86. The Labute approximate surface area is 94.8 Å². The summed E-state index contributed by atoms with van der Waals surface area (Å²) >= 11 is 3.60. The summed E-state index contributed by atoms with van der Waals surface area (Å²) in [5, 5.41) is 11.0. The molecule has 14 heavy (non-hydrogen) atoms. The van der Waals surface area contributed by atoms with E-state index in [-0.39, 0.29) is 11.5 Å². The van der Waals surface area contributed by atoms with Gasteiger partial charge in [0.05, 0.1) is 6.10 Å². The molecule has 1 aliphatic heterocycles. The van der Waals surface area contributed by atoms with Crippen LogP contribution in [0.3, 0.4) is 0 Å². The van der Waals surface area contributed by atoms with Crippen LogP contribution in [0.1, 0.15) is 26.7 Å². The quantitative estimate of drug-likeness (QED) is 0.785. The van der Waals surface area contributed by atoms with Crippen LogP contribution in [0.5, 0.6) is 0 Å². The van der Waals surface area contributed by atoms with Gasteiger partial charge in [0, 0.05) is 30.4 Å². The molecular formula is C11H20BrNO. The third-order valence-corrected chi connectivity index (χ3v) is 4.95. The number of β-amino-alcohol motifs (C(OH)–C–C–N with tert-alkyl or cyclic N) is 1. The predicted octanol–water partition coefficient (Wildman–Crippen LogP) is 1.86. The summed E-state index contributed by atoms with van der Waals surface area (Å²) in [5.41, 5.74) is 0.628. The first-order valence-corrected chi connectivity index (χ1v) is 6.56. The second-order valence-corrected chi connectivity index (χ2v) is 6.37. The van der Waals surface area contributed by atoms with Gasteiger partial charge >= 0.3 is 0 Å². The average molecular weight is 262 g/mol. The molecule has 2 nitrogen and oxygen atoms in total. The molecule has 1 aliphatic carbocycles. The van der Waals surface area contributed by atoms with E-state index in [2.05, 4.69) is 34.7 Å². The topological polar surface area (TPSA) is 23.5 Å². The zero-order chi connectivity index (χ0) is 10.4. The zero-order valence-corrected chi connectivity index (χ0v) is 10.7. The van der Waals surface area contributed by atoms with E-state index in [1.165, 1.54) is 19.4 Å². The SMILES string of the molecule is CC1(C)CN(CC2(CBr)CC2)CC1O. The maximum Gasteiger partial charge on any atom is 0.0730 e. The molecule has 0 spiro atoms. The summed E-state index contributed by atoms with van der Waals surface area (Å²) in [4.78, 5) is 2.43. The molecule has 1 N–H and O–H groups in total. The minimum atomic E-state index is -0.145. The fraction of sp³-hybridized carbons (Fsp3) is 1.00. The van der Waals surface area contributed by atoms with E-state index in [0.717, 1.165) is 18.4 Å². The van der Waals surface area contributed by atoms with E-state index < -0.39 is 0 Å².